The number of fused-ring (bicyclic) bond motifs is 3. The minimum atomic E-state index is -0.830. The molecule has 0 spiro atoms. The lowest BCUT2D eigenvalue weighted by Gasteiger charge is -2.52. The van der Waals surface area contributed by atoms with Crippen LogP contribution in [-0.4, -0.2) is 49.3 Å². The summed E-state index contributed by atoms with van der Waals surface area (Å²) in [5, 5.41) is 0. The second-order valence-electron chi connectivity index (χ2n) is 10.3. The topological polar surface area (TPSA) is 35.5 Å². The van der Waals surface area contributed by atoms with E-state index in [2.05, 4.69) is 0 Å². The van der Waals surface area contributed by atoms with Crippen molar-refractivity contribution in [3.63, 3.8) is 0 Å². The Hall–Kier alpha value is -3.11. The normalized spacial score (nSPS) is 23.6. The third-order valence-corrected chi connectivity index (χ3v) is 8.20. The highest BCUT2D eigenvalue weighted by atomic mass is 16.5. The minimum Gasteiger partial charge on any atom is -0.493 e. The Labute approximate surface area is 209 Å². The first kappa shape index (κ1) is 23.6. The lowest BCUT2D eigenvalue weighted by Crippen LogP contribution is -2.65. The molecule has 3 aromatic carbocycles. The number of para-hydroxylation sites is 1. The second kappa shape index (κ2) is 10.2. The van der Waals surface area contributed by atoms with E-state index >= 15 is 0 Å². The SMILES string of the molecule is CC(C(=O)O[C@H]1C[N+]2(CCCOc3ccccc3)CCC1CC2)(c1ccccc1)c1ccccc1. The zero-order valence-electron chi connectivity index (χ0n) is 20.6. The van der Waals surface area contributed by atoms with Crippen molar-refractivity contribution in [1.29, 1.82) is 0 Å². The lowest BCUT2D eigenvalue weighted by molar-refractivity contribution is -0.946. The van der Waals surface area contributed by atoms with Crippen LogP contribution in [0.15, 0.2) is 91.0 Å². The molecule has 3 fully saturated rings. The van der Waals surface area contributed by atoms with E-state index < -0.39 is 5.41 Å². The maximum absolute atomic E-state index is 13.9. The molecule has 182 valence electrons. The van der Waals surface area contributed by atoms with Crippen LogP contribution in [0.1, 0.15) is 37.3 Å². The van der Waals surface area contributed by atoms with Gasteiger partial charge >= 0.3 is 5.97 Å². The first-order valence-corrected chi connectivity index (χ1v) is 12.9. The van der Waals surface area contributed by atoms with E-state index in [9.17, 15) is 4.79 Å². The van der Waals surface area contributed by atoms with Gasteiger partial charge in [-0.1, -0.05) is 78.9 Å². The van der Waals surface area contributed by atoms with E-state index in [-0.39, 0.29) is 12.1 Å². The average Bonchev–Trinajstić information content (AvgIpc) is 2.93. The van der Waals surface area contributed by atoms with E-state index in [0.29, 0.717) is 5.92 Å². The molecule has 6 rings (SSSR count). The van der Waals surface area contributed by atoms with Gasteiger partial charge in [0.25, 0.3) is 0 Å². The number of nitrogens with zero attached hydrogens (tertiary/aromatic N) is 1. The number of ether oxygens (including phenoxy) is 2. The summed E-state index contributed by atoms with van der Waals surface area (Å²) >= 11 is 0. The molecule has 3 aliphatic rings. The zero-order chi connectivity index (χ0) is 24.1. The Morgan fingerprint density at radius 3 is 1.97 bits per heavy atom. The Balaban J connectivity index is 1.27. The predicted octanol–water partition coefficient (Wildman–Crippen LogP) is 5.61. The third kappa shape index (κ3) is 4.99. The molecule has 0 aliphatic carbocycles. The smallest absolute Gasteiger partial charge is 0.321 e. The summed E-state index contributed by atoms with van der Waals surface area (Å²) in [6.45, 7) is 7.08. The standard InChI is InChI=1S/C31H36NO3/c1-31(26-12-5-2-6-13-26,27-14-7-3-8-15-27)30(33)35-29-24-32(21-18-25(29)19-22-32)20-11-23-34-28-16-9-4-10-17-28/h2-10,12-17,25,29H,11,18-24H2,1H3/q+1/t25?,29-,32?/m0/s1. The fourth-order valence-corrected chi connectivity index (χ4v) is 5.98. The van der Waals surface area contributed by atoms with Gasteiger partial charge in [0.2, 0.25) is 0 Å². The van der Waals surface area contributed by atoms with Gasteiger partial charge in [0.1, 0.15) is 17.7 Å². The number of carbonyl (C=O) groups is 1. The maximum atomic E-state index is 13.9. The summed E-state index contributed by atoms with van der Waals surface area (Å²) in [7, 11) is 0. The predicted molar refractivity (Wildman–Crippen MR) is 138 cm³/mol. The zero-order valence-corrected chi connectivity index (χ0v) is 20.6. The summed E-state index contributed by atoms with van der Waals surface area (Å²) in [6, 6.07) is 30.1. The number of rotatable bonds is 9. The fourth-order valence-electron chi connectivity index (χ4n) is 5.98. The molecular formula is C31H36NO3+. The van der Waals surface area contributed by atoms with E-state index in [1.54, 1.807) is 0 Å². The summed E-state index contributed by atoms with van der Waals surface area (Å²) in [6.07, 6.45) is 3.24. The molecule has 1 atom stereocenters. The van der Waals surface area contributed by atoms with E-state index in [4.69, 9.17) is 9.47 Å². The average molecular weight is 471 g/mol. The monoisotopic (exact) mass is 470 g/mol. The Kier molecular flexibility index (Phi) is 6.92. The highest BCUT2D eigenvalue weighted by molar-refractivity contribution is 5.87. The Morgan fingerprint density at radius 2 is 1.40 bits per heavy atom. The van der Waals surface area contributed by atoms with Crippen molar-refractivity contribution in [2.75, 3.05) is 32.8 Å². The highest BCUT2D eigenvalue weighted by Crippen LogP contribution is 2.39. The van der Waals surface area contributed by atoms with Gasteiger partial charge in [-0.2, -0.15) is 0 Å². The molecule has 0 radical (unpaired) electrons. The molecule has 0 aromatic heterocycles. The third-order valence-electron chi connectivity index (χ3n) is 8.20. The summed E-state index contributed by atoms with van der Waals surface area (Å²) in [5.41, 5.74) is 1.11. The van der Waals surface area contributed by atoms with Crippen LogP contribution < -0.4 is 4.74 Å². The molecule has 2 bridgehead atoms. The molecule has 4 nitrogen and oxygen atoms in total. The minimum absolute atomic E-state index is 0.0215. The van der Waals surface area contributed by atoms with E-state index in [1.165, 1.54) is 13.1 Å². The fraction of sp³-hybridized carbons (Fsp3) is 0.387. The van der Waals surface area contributed by atoms with Crippen molar-refractivity contribution in [2.24, 2.45) is 5.92 Å². The summed E-state index contributed by atoms with van der Waals surface area (Å²) < 4.78 is 13.4. The number of piperidine rings is 3. The van der Waals surface area contributed by atoms with Crippen molar-refractivity contribution >= 4 is 5.97 Å². The van der Waals surface area contributed by atoms with Gasteiger partial charge in [0.15, 0.2) is 6.10 Å². The molecule has 0 N–H and O–H groups in total. The molecule has 0 saturated carbocycles. The first-order chi connectivity index (χ1) is 17.1. The van der Waals surface area contributed by atoms with Crippen molar-refractivity contribution in [3.8, 4) is 5.75 Å². The van der Waals surface area contributed by atoms with Crippen LogP contribution in [0.4, 0.5) is 0 Å². The van der Waals surface area contributed by atoms with Gasteiger partial charge in [-0.3, -0.25) is 4.79 Å². The van der Waals surface area contributed by atoms with E-state index in [1.807, 2.05) is 97.9 Å². The van der Waals surface area contributed by atoms with Gasteiger partial charge in [0, 0.05) is 25.2 Å². The van der Waals surface area contributed by atoms with Crippen LogP contribution in [0.5, 0.6) is 5.75 Å². The second-order valence-corrected chi connectivity index (χ2v) is 10.3. The van der Waals surface area contributed by atoms with Crippen molar-refractivity contribution in [1.82, 2.24) is 0 Å². The molecule has 35 heavy (non-hydrogen) atoms. The summed E-state index contributed by atoms with van der Waals surface area (Å²) in [5.74, 6) is 1.26. The lowest BCUT2D eigenvalue weighted by atomic mass is 9.76. The Bertz CT molecular complexity index is 1050. The van der Waals surface area contributed by atoms with Gasteiger partial charge in [0.05, 0.1) is 26.2 Å². The van der Waals surface area contributed by atoms with E-state index in [0.717, 1.165) is 60.3 Å². The van der Waals surface area contributed by atoms with Crippen LogP contribution in [-0.2, 0) is 14.9 Å². The largest absolute Gasteiger partial charge is 0.493 e. The molecule has 4 heteroatoms. The number of hydrogen-bond acceptors (Lipinski definition) is 3. The number of hydrogen-bond donors (Lipinski definition) is 0. The van der Waals surface area contributed by atoms with Gasteiger partial charge < -0.3 is 14.0 Å². The number of esters is 1. The molecule has 3 aromatic rings. The number of quaternary nitrogens is 1. The molecule has 3 aliphatic heterocycles. The first-order valence-electron chi connectivity index (χ1n) is 12.9. The molecule has 0 unspecified atom stereocenters. The molecule has 3 saturated heterocycles. The van der Waals surface area contributed by atoms with Crippen LogP contribution in [0.25, 0.3) is 0 Å². The van der Waals surface area contributed by atoms with Gasteiger partial charge in [-0.15, -0.1) is 0 Å². The van der Waals surface area contributed by atoms with Crippen molar-refractivity contribution < 1.29 is 18.8 Å². The molecular weight excluding hydrogens is 434 g/mol. The van der Waals surface area contributed by atoms with Crippen LogP contribution >= 0.6 is 0 Å². The Morgan fingerprint density at radius 1 is 0.857 bits per heavy atom. The van der Waals surface area contributed by atoms with Crippen LogP contribution in [0.2, 0.25) is 0 Å². The van der Waals surface area contributed by atoms with Gasteiger partial charge in [-0.05, 0) is 30.2 Å². The summed E-state index contributed by atoms with van der Waals surface area (Å²) in [4.78, 5) is 13.9. The maximum Gasteiger partial charge on any atom is 0.321 e. The quantitative estimate of drug-likeness (QED) is 0.232. The molecule has 0 amide bonds. The van der Waals surface area contributed by atoms with Crippen LogP contribution in [0.3, 0.4) is 0 Å². The number of benzene rings is 3. The highest BCUT2D eigenvalue weighted by Gasteiger charge is 2.49. The van der Waals surface area contributed by atoms with Crippen molar-refractivity contribution in [2.45, 2.75) is 37.7 Å². The van der Waals surface area contributed by atoms with Crippen LogP contribution in [0, 0.1) is 5.92 Å². The van der Waals surface area contributed by atoms with Gasteiger partial charge in [-0.25, -0.2) is 0 Å². The van der Waals surface area contributed by atoms with Crippen molar-refractivity contribution in [3.05, 3.63) is 102 Å². The number of carbonyl (C=O) groups excluding carboxylic acids is 1. The molecule has 3 heterocycles.